The average molecular weight is 359 g/mol. The minimum Gasteiger partial charge on any atom is -0.474 e. The lowest BCUT2D eigenvalue weighted by Gasteiger charge is -2.32. The summed E-state index contributed by atoms with van der Waals surface area (Å²) in [6.07, 6.45) is -0.824. The third-order valence-corrected chi connectivity index (χ3v) is 4.17. The molecule has 136 valence electrons. The van der Waals surface area contributed by atoms with Crippen molar-refractivity contribution in [2.45, 2.75) is 19.4 Å². The van der Waals surface area contributed by atoms with Gasteiger partial charge in [-0.1, -0.05) is 12.1 Å². The number of hydrogen-bond acceptors (Lipinski definition) is 4. The number of fused-ring (bicyclic) bond motifs is 1. The molecule has 1 aromatic heterocycles. The van der Waals surface area contributed by atoms with Crippen molar-refractivity contribution < 1.29 is 23.8 Å². The molecule has 2 amide bonds. The Kier molecular flexibility index (Phi) is 4.75. The van der Waals surface area contributed by atoms with Crippen molar-refractivity contribution in [1.29, 1.82) is 0 Å². The van der Waals surface area contributed by atoms with E-state index in [1.54, 1.807) is 25.1 Å². The lowest BCUT2D eigenvalue weighted by atomic mass is 10.0. The van der Waals surface area contributed by atoms with Crippen molar-refractivity contribution in [3.05, 3.63) is 53.0 Å². The fourth-order valence-corrected chi connectivity index (χ4v) is 2.88. The predicted molar refractivity (Wildman–Crippen MR) is 92.3 cm³/mol. The number of rotatable bonds is 3. The molecule has 0 bridgehead atoms. The van der Waals surface area contributed by atoms with E-state index in [0.29, 0.717) is 17.7 Å². The highest BCUT2D eigenvalue weighted by atomic mass is 19.1. The molecular weight excluding hydrogens is 341 g/mol. The van der Waals surface area contributed by atoms with E-state index in [4.69, 9.17) is 4.74 Å². The highest BCUT2D eigenvalue weighted by Crippen LogP contribution is 2.35. The molecule has 0 aliphatic carbocycles. The second-order valence-electron chi connectivity index (χ2n) is 6.02. The Morgan fingerprint density at radius 2 is 2.08 bits per heavy atom. The molecule has 2 aromatic rings. The van der Waals surface area contributed by atoms with Gasteiger partial charge in [-0.25, -0.2) is 14.2 Å². The average Bonchev–Trinajstić information content (AvgIpc) is 2.62. The number of carboxylic acid groups (broad SMARTS) is 1. The number of hydrogen-bond donors (Lipinski definition) is 2. The molecule has 1 aromatic carbocycles. The van der Waals surface area contributed by atoms with Gasteiger partial charge in [0.2, 0.25) is 5.88 Å². The number of nitrogens with one attached hydrogen (secondary N) is 1. The minimum absolute atomic E-state index is 0.104. The van der Waals surface area contributed by atoms with Crippen LogP contribution >= 0.6 is 0 Å². The summed E-state index contributed by atoms with van der Waals surface area (Å²) in [6.45, 7) is 1.88. The molecule has 0 unspecified atom stereocenters. The number of halogens is 1. The topological polar surface area (TPSA) is 91.8 Å². The fraction of sp³-hybridized carbons (Fsp3) is 0.278. The van der Waals surface area contributed by atoms with Crippen LogP contribution in [0.25, 0.3) is 0 Å². The third-order valence-electron chi connectivity index (χ3n) is 4.17. The molecule has 2 heterocycles. The molecule has 0 radical (unpaired) electrons. The second-order valence-corrected chi connectivity index (χ2v) is 6.02. The largest absolute Gasteiger partial charge is 0.474 e. The zero-order valence-electron chi connectivity index (χ0n) is 14.3. The van der Waals surface area contributed by atoms with Crippen LogP contribution in [0.1, 0.15) is 28.5 Å². The Balaban J connectivity index is 2.10. The number of amides is 2. The van der Waals surface area contributed by atoms with Gasteiger partial charge in [-0.05, 0) is 42.7 Å². The Morgan fingerprint density at radius 1 is 1.38 bits per heavy atom. The van der Waals surface area contributed by atoms with Gasteiger partial charge < -0.3 is 15.2 Å². The van der Waals surface area contributed by atoms with Crippen molar-refractivity contribution in [2.24, 2.45) is 0 Å². The molecule has 7 nitrogen and oxygen atoms in total. The van der Waals surface area contributed by atoms with Crippen LogP contribution in [0.3, 0.4) is 0 Å². The molecule has 8 heteroatoms. The minimum atomic E-state index is -1.12. The number of nitrogens with zero attached hydrogens (tertiary/aromatic N) is 2. The Labute approximate surface area is 149 Å². The standard InChI is InChI=1S/C18H18FN3O4/c1-10-9-26-17-14(22(10)18(24)25)8-12(15(21-17)16(23)20-2)7-11-3-5-13(19)6-4-11/h3-6,8,10H,7,9H2,1-2H3,(H,20,23)(H,24,25)/t10-/m0/s1. The van der Waals surface area contributed by atoms with Crippen LogP contribution in [0.15, 0.2) is 30.3 Å². The third kappa shape index (κ3) is 3.30. The van der Waals surface area contributed by atoms with Crippen LogP contribution in [-0.2, 0) is 6.42 Å². The molecule has 26 heavy (non-hydrogen) atoms. The summed E-state index contributed by atoms with van der Waals surface area (Å²) in [7, 11) is 1.48. The van der Waals surface area contributed by atoms with Crippen LogP contribution in [-0.4, -0.2) is 41.8 Å². The molecule has 0 fully saturated rings. The van der Waals surface area contributed by atoms with Gasteiger partial charge in [-0.3, -0.25) is 9.69 Å². The Morgan fingerprint density at radius 3 is 2.69 bits per heavy atom. The van der Waals surface area contributed by atoms with E-state index in [1.165, 1.54) is 24.1 Å². The molecule has 1 atom stereocenters. The van der Waals surface area contributed by atoms with Crippen molar-refractivity contribution in [3.8, 4) is 5.88 Å². The molecule has 0 saturated heterocycles. The van der Waals surface area contributed by atoms with Gasteiger partial charge in [-0.15, -0.1) is 0 Å². The summed E-state index contributed by atoms with van der Waals surface area (Å²) in [5, 5.41) is 12.0. The maximum absolute atomic E-state index is 13.1. The van der Waals surface area contributed by atoms with Gasteiger partial charge in [0.15, 0.2) is 0 Å². The van der Waals surface area contributed by atoms with Gasteiger partial charge in [-0.2, -0.15) is 0 Å². The second kappa shape index (κ2) is 6.99. The molecular formula is C18H18FN3O4. The maximum atomic E-state index is 13.1. The van der Waals surface area contributed by atoms with Gasteiger partial charge in [0.25, 0.3) is 5.91 Å². The van der Waals surface area contributed by atoms with Crippen LogP contribution in [0.4, 0.5) is 14.9 Å². The van der Waals surface area contributed by atoms with Crippen molar-refractivity contribution >= 4 is 17.7 Å². The Hall–Kier alpha value is -3.16. The van der Waals surface area contributed by atoms with Gasteiger partial charge in [0.1, 0.15) is 23.8 Å². The first-order valence-corrected chi connectivity index (χ1v) is 8.06. The van der Waals surface area contributed by atoms with E-state index in [2.05, 4.69) is 10.3 Å². The summed E-state index contributed by atoms with van der Waals surface area (Å²) in [5.41, 5.74) is 1.74. The van der Waals surface area contributed by atoms with Crippen LogP contribution in [0.2, 0.25) is 0 Å². The van der Waals surface area contributed by atoms with E-state index in [0.717, 1.165) is 5.56 Å². The lowest BCUT2D eigenvalue weighted by molar-refractivity contribution is 0.0956. The monoisotopic (exact) mass is 359 g/mol. The first kappa shape index (κ1) is 17.7. The number of carbonyl (C=O) groups excluding carboxylic acids is 1. The van der Waals surface area contributed by atoms with E-state index < -0.39 is 12.0 Å². The number of benzene rings is 1. The summed E-state index contributed by atoms with van der Waals surface area (Å²) < 4.78 is 18.7. The molecule has 0 saturated carbocycles. The number of ether oxygens (including phenoxy) is 1. The van der Waals surface area contributed by atoms with Crippen LogP contribution < -0.4 is 15.0 Å². The number of anilines is 1. The quantitative estimate of drug-likeness (QED) is 0.878. The van der Waals surface area contributed by atoms with E-state index in [-0.39, 0.29) is 30.0 Å². The first-order chi connectivity index (χ1) is 12.4. The van der Waals surface area contributed by atoms with Gasteiger partial charge >= 0.3 is 6.09 Å². The summed E-state index contributed by atoms with van der Waals surface area (Å²) in [4.78, 5) is 29.3. The zero-order valence-corrected chi connectivity index (χ0v) is 14.3. The molecule has 0 spiro atoms. The highest BCUT2D eigenvalue weighted by Gasteiger charge is 2.32. The van der Waals surface area contributed by atoms with Gasteiger partial charge in [0, 0.05) is 7.05 Å². The smallest absolute Gasteiger partial charge is 0.412 e. The zero-order chi connectivity index (χ0) is 18.8. The number of pyridine rings is 1. The lowest BCUT2D eigenvalue weighted by Crippen LogP contribution is -2.45. The molecule has 1 aliphatic heterocycles. The fourth-order valence-electron chi connectivity index (χ4n) is 2.88. The molecule has 3 rings (SSSR count). The Bertz CT molecular complexity index is 854. The number of carbonyl (C=O) groups is 2. The molecule has 1 aliphatic rings. The van der Waals surface area contributed by atoms with E-state index >= 15 is 0 Å². The summed E-state index contributed by atoms with van der Waals surface area (Å²) in [5.74, 6) is -0.663. The number of aromatic nitrogens is 1. The predicted octanol–water partition coefficient (Wildman–Crippen LogP) is 2.44. The SMILES string of the molecule is CNC(=O)c1nc2c(cc1Cc1ccc(F)cc1)N(C(=O)O)[C@@H](C)CO2. The van der Waals surface area contributed by atoms with Crippen LogP contribution in [0, 0.1) is 5.82 Å². The maximum Gasteiger partial charge on any atom is 0.412 e. The highest BCUT2D eigenvalue weighted by molar-refractivity contribution is 5.96. The van der Waals surface area contributed by atoms with E-state index in [9.17, 15) is 19.1 Å². The summed E-state index contributed by atoms with van der Waals surface area (Å²) in [6, 6.07) is 7.09. The van der Waals surface area contributed by atoms with Crippen molar-refractivity contribution in [2.75, 3.05) is 18.6 Å². The van der Waals surface area contributed by atoms with Gasteiger partial charge in [0.05, 0.1) is 6.04 Å². The summed E-state index contributed by atoms with van der Waals surface area (Å²) >= 11 is 0. The molecule has 2 N–H and O–H groups in total. The normalized spacial score (nSPS) is 15.8. The van der Waals surface area contributed by atoms with Crippen molar-refractivity contribution in [1.82, 2.24) is 10.3 Å². The van der Waals surface area contributed by atoms with Crippen molar-refractivity contribution in [3.63, 3.8) is 0 Å². The first-order valence-electron chi connectivity index (χ1n) is 8.06. The van der Waals surface area contributed by atoms with Crippen LogP contribution in [0.5, 0.6) is 5.88 Å². The van der Waals surface area contributed by atoms with E-state index in [1.807, 2.05) is 0 Å².